The second kappa shape index (κ2) is 5.13. The highest BCUT2D eigenvalue weighted by Gasteiger charge is 2.19. The molecule has 0 spiro atoms. The van der Waals surface area contributed by atoms with E-state index in [-0.39, 0.29) is 11.7 Å². The Balaban J connectivity index is 3.05. The summed E-state index contributed by atoms with van der Waals surface area (Å²) >= 11 is 9.37. The molecule has 14 heavy (non-hydrogen) atoms. The minimum atomic E-state index is -0.210. The van der Waals surface area contributed by atoms with Crippen molar-refractivity contribution in [2.45, 2.75) is 19.8 Å². The van der Waals surface area contributed by atoms with E-state index >= 15 is 0 Å². The molecule has 78 valence electrons. The highest BCUT2D eigenvalue weighted by atomic mass is 79.9. The number of hydrogen-bond donors (Lipinski definition) is 0. The van der Waals surface area contributed by atoms with Crippen LogP contribution >= 0.6 is 27.5 Å². The van der Waals surface area contributed by atoms with Crippen molar-refractivity contribution in [2.75, 3.05) is 5.33 Å². The Bertz CT molecular complexity index is 294. The topological polar surface area (TPSA) is 0 Å². The summed E-state index contributed by atoms with van der Waals surface area (Å²) in [5.74, 6) is 0.283. The van der Waals surface area contributed by atoms with Gasteiger partial charge in [-0.15, -0.1) is 0 Å². The van der Waals surface area contributed by atoms with E-state index in [1.54, 1.807) is 12.1 Å². The van der Waals surface area contributed by atoms with Crippen LogP contribution in [-0.4, -0.2) is 5.33 Å². The van der Waals surface area contributed by atoms with Crippen molar-refractivity contribution in [2.24, 2.45) is 5.92 Å². The summed E-state index contributed by atoms with van der Waals surface area (Å²) in [5.41, 5.74) is 0.626. The molecule has 0 saturated carbocycles. The van der Waals surface area contributed by atoms with Gasteiger partial charge in [-0.25, -0.2) is 4.39 Å². The lowest BCUT2D eigenvalue weighted by Gasteiger charge is -2.19. The Morgan fingerprint density at radius 3 is 2.57 bits per heavy atom. The van der Waals surface area contributed by atoms with Gasteiger partial charge in [-0.3, -0.25) is 0 Å². The number of alkyl halides is 1. The standard InChI is InChI=1S/C11H13BrClF/c1-7(6-12)8(2)11-9(13)4-3-5-10(11)14/h3-5,7-8H,6H2,1-2H3. The minimum absolute atomic E-state index is 0.128. The van der Waals surface area contributed by atoms with Crippen LogP contribution in [0.4, 0.5) is 4.39 Å². The molecular formula is C11H13BrClF. The van der Waals surface area contributed by atoms with E-state index in [1.807, 2.05) is 6.92 Å². The third kappa shape index (κ3) is 2.48. The fraction of sp³-hybridized carbons (Fsp3) is 0.455. The highest BCUT2D eigenvalue weighted by molar-refractivity contribution is 9.09. The van der Waals surface area contributed by atoms with Crippen molar-refractivity contribution in [3.05, 3.63) is 34.6 Å². The molecule has 0 heterocycles. The molecular weight excluding hydrogens is 266 g/mol. The Hall–Kier alpha value is -0.0800. The first-order chi connectivity index (χ1) is 6.57. The molecule has 0 aliphatic rings. The summed E-state index contributed by atoms with van der Waals surface area (Å²) in [5, 5.41) is 1.36. The number of benzene rings is 1. The van der Waals surface area contributed by atoms with Gasteiger partial charge < -0.3 is 0 Å². The molecule has 2 atom stereocenters. The summed E-state index contributed by atoms with van der Waals surface area (Å²) in [7, 11) is 0. The lowest BCUT2D eigenvalue weighted by atomic mass is 9.90. The van der Waals surface area contributed by atoms with Gasteiger partial charge in [0.1, 0.15) is 5.82 Å². The monoisotopic (exact) mass is 278 g/mol. The zero-order valence-corrected chi connectivity index (χ0v) is 10.6. The zero-order valence-electron chi connectivity index (χ0n) is 8.23. The van der Waals surface area contributed by atoms with E-state index in [1.165, 1.54) is 6.07 Å². The maximum Gasteiger partial charge on any atom is 0.128 e. The second-order valence-corrected chi connectivity index (χ2v) is 4.61. The first-order valence-corrected chi connectivity index (χ1v) is 6.07. The molecule has 2 unspecified atom stereocenters. The minimum Gasteiger partial charge on any atom is -0.207 e. The number of rotatable bonds is 3. The molecule has 1 rings (SSSR count). The van der Waals surface area contributed by atoms with E-state index in [2.05, 4.69) is 22.9 Å². The molecule has 0 bridgehead atoms. The van der Waals surface area contributed by atoms with E-state index < -0.39 is 0 Å². The Kier molecular flexibility index (Phi) is 4.39. The van der Waals surface area contributed by atoms with E-state index in [0.29, 0.717) is 16.5 Å². The average Bonchev–Trinajstić information content (AvgIpc) is 2.16. The van der Waals surface area contributed by atoms with Crippen LogP contribution in [0.1, 0.15) is 25.3 Å². The van der Waals surface area contributed by atoms with E-state index in [4.69, 9.17) is 11.6 Å². The van der Waals surface area contributed by atoms with Gasteiger partial charge in [0.25, 0.3) is 0 Å². The first-order valence-electron chi connectivity index (χ1n) is 4.57. The van der Waals surface area contributed by atoms with Crippen molar-refractivity contribution < 1.29 is 4.39 Å². The van der Waals surface area contributed by atoms with Gasteiger partial charge in [-0.2, -0.15) is 0 Å². The molecule has 0 N–H and O–H groups in total. The van der Waals surface area contributed by atoms with Crippen LogP contribution in [-0.2, 0) is 0 Å². The number of halogens is 3. The molecule has 1 aromatic carbocycles. The van der Waals surface area contributed by atoms with Crippen LogP contribution < -0.4 is 0 Å². The first kappa shape index (κ1) is 12.0. The van der Waals surface area contributed by atoms with Gasteiger partial charge in [-0.1, -0.05) is 47.4 Å². The molecule has 0 radical (unpaired) electrons. The van der Waals surface area contributed by atoms with Crippen molar-refractivity contribution in [1.29, 1.82) is 0 Å². The number of hydrogen-bond acceptors (Lipinski definition) is 0. The van der Waals surface area contributed by atoms with Gasteiger partial charge in [0.15, 0.2) is 0 Å². The average molecular weight is 280 g/mol. The highest BCUT2D eigenvalue weighted by Crippen LogP contribution is 2.32. The van der Waals surface area contributed by atoms with Crippen LogP contribution in [0.3, 0.4) is 0 Å². The molecule has 0 aromatic heterocycles. The summed E-state index contributed by atoms with van der Waals surface area (Å²) in [6.45, 7) is 4.07. The smallest absolute Gasteiger partial charge is 0.128 e. The second-order valence-electron chi connectivity index (χ2n) is 3.56. The van der Waals surface area contributed by atoms with Gasteiger partial charge in [0, 0.05) is 15.9 Å². The summed E-state index contributed by atoms with van der Waals surface area (Å²) in [6, 6.07) is 4.82. The van der Waals surface area contributed by atoms with Crippen molar-refractivity contribution in [3.63, 3.8) is 0 Å². The lowest BCUT2D eigenvalue weighted by molar-refractivity contribution is 0.510. The third-order valence-corrected chi connectivity index (χ3v) is 3.90. The van der Waals surface area contributed by atoms with Crippen molar-refractivity contribution in [3.8, 4) is 0 Å². The molecule has 0 fully saturated rings. The quantitative estimate of drug-likeness (QED) is 0.709. The van der Waals surface area contributed by atoms with Gasteiger partial charge in [0.05, 0.1) is 0 Å². The van der Waals surface area contributed by atoms with Crippen LogP contribution in [0, 0.1) is 11.7 Å². The molecule has 1 aromatic rings. The summed E-state index contributed by atoms with van der Waals surface area (Å²) in [4.78, 5) is 0. The summed E-state index contributed by atoms with van der Waals surface area (Å²) < 4.78 is 13.5. The fourth-order valence-corrected chi connectivity index (χ4v) is 2.26. The van der Waals surface area contributed by atoms with Crippen LogP contribution in [0.15, 0.2) is 18.2 Å². The van der Waals surface area contributed by atoms with Crippen molar-refractivity contribution in [1.82, 2.24) is 0 Å². The molecule has 3 heteroatoms. The lowest BCUT2D eigenvalue weighted by Crippen LogP contribution is -2.09. The predicted octanol–water partition coefficient (Wildman–Crippen LogP) is 4.61. The molecule has 0 nitrogen and oxygen atoms in total. The maximum atomic E-state index is 13.5. The van der Waals surface area contributed by atoms with Gasteiger partial charge in [0.2, 0.25) is 0 Å². The van der Waals surface area contributed by atoms with E-state index in [0.717, 1.165) is 5.33 Å². The Morgan fingerprint density at radius 1 is 1.43 bits per heavy atom. The third-order valence-electron chi connectivity index (χ3n) is 2.55. The van der Waals surface area contributed by atoms with Crippen LogP contribution in [0.2, 0.25) is 5.02 Å². The van der Waals surface area contributed by atoms with Crippen molar-refractivity contribution >= 4 is 27.5 Å². The predicted molar refractivity (Wildman–Crippen MR) is 62.8 cm³/mol. The summed E-state index contributed by atoms with van der Waals surface area (Å²) in [6.07, 6.45) is 0. The Morgan fingerprint density at radius 2 is 2.07 bits per heavy atom. The van der Waals surface area contributed by atoms with Gasteiger partial charge >= 0.3 is 0 Å². The largest absolute Gasteiger partial charge is 0.207 e. The SMILES string of the molecule is CC(CBr)C(C)c1c(F)cccc1Cl. The molecule has 0 amide bonds. The van der Waals surface area contributed by atoms with Crippen LogP contribution in [0.5, 0.6) is 0 Å². The van der Waals surface area contributed by atoms with Crippen LogP contribution in [0.25, 0.3) is 0 Å². The molecule has 0 aliphatic heterocycles. The maximum absolute atomic E-state index is 13.5. The molecule has 0 saturated heterocycles. The van der Waals surface area contributed by atoms with Gasteiger partial charge in [-0.05, 0) is 24.0 Å². The normalized spacial score (nSPS) is 15.2. The Labute approximate surface area is 97.6 Å². The van der Waals surface area contributed by atoms with E-state index in [9.17, 15) is 4.39 Å². The molecule has 0 aliphatic carbocycles. The zero-order chi connectivity index (χ0) is 10.7. The fourth-order valence-electron chi connectivity index (χ4n) is 1.36.